The molecule has 0 heterocycles. The molecular formula is C14H23ClN2O2S. The number of halogens is 1. The number of nitrogen functional groups attached to an aromatic ring is 1. The number of sulfonamides is 1. The third kappa shape index (κ3) is 4.36. The fourth-order valence-electron chi connectivity index (χ4n) is 1.94. The minimum absolute atomic E-state index is 0.0838. The van der Waals surface area contributed by atoms with Crippen molar-refractivity contribution in [3.63, 3.8) is 0 Å². The third-order valence-corrected chi connectivity index (χ3v) is 5.02. The quantitative estimate of drug-likeness (QED) is 0.819. The Labute approximate surface area is 127 Å². The minimum Gasteiger partial charge on any atom is -0.399 e. The van der Waals surface area contributed by atoms with Gasteiger partial charge in [0.2, 0.25) is 10.0 Å². The number of nitrogens with two attached hydrogens (primary N) is 1. The van der Waals surface area contributed by atoms with E-state index in [0.717, 1.165) is 0 Å². The Kier molecular flexibility index (Phi) is 5.86. The Bertz CT molecular complexity index is 546. The predicted molar refractivity (Wildman–Crippen MR) is 84.3 cm³/mol. The first kappa shape index (κ1) is 17.3. The molecule has 0 aliphatic heterocycles. The van der Waals surface area contributed by atoms with Crippen LogP contribution in [0.25, 0.3) is 0 Å². The van der Waals surface area contributed by atoms with Crippen molar-refractivity contribution >= 4 is 27.3 Å². The van der Waals surface area contributed by atoms with E-state index >= 15 is 0 Å². The fourth-order valence-corrected chi connectivity index (χ4v) is 4.22. The molecule has 1 aromatic carbocycles. The molecule has 0 unspecified atom stereocenters. The summed E-state index contributed by atoms with van der Waals surface area (Å²) in [5, 5.41) is 0.205. The summed E-state index contributed by atoms with van der Waals surface area (Å²) < 4.78 is 27.0. The topological polar surface area (TPSA) is 63.4 Å². The van der Waals surface area contributed by atoms with Gasteiger partial charge in [0.05, 0.1) is 5.02 Å². The fraction of sp³-hybridized carbons (Fsp3) is 0.571. The standard InChI is InChI=1S/C14H23ClN2O2S/c1-10(2)8-17(9-11(3)4)20(18,19)14-7-12(16)5-6-13(14)15/h5-7,10-11H,8-9,16H2,1-4H3. The Morgan fingerprint density at radius 1 is 1.15 bits per heavy atom. The second-order valence-corrected chi connectivity index (χ2v) is 8.11. The van der Waals surface area contributed by atoms with Crippen LogP contribution in [0.2, 0.25) is 5.02 Å². The van der Waals surface area contributed by atoms with E-state index in [0.29, 0.717) is 18.8 Å². The van der Waals surface area contributed by atoms with E-state index in [1.165, 1.54) is 16.4 Å². The van der Waals surface area contributed by atoms with Gasteiger partial charge in [0.15, 0.2) is 0 Å². The first-order chi connectivity index (χ1) is 9.14. The van der Waals surface area contributed by atoms with E-state index in [-0.39, 0.29) is 21.8 Å². The number of hydrogen-bond acceptors (Lipinski definition) is 3. The zero-order chi connectivity index (χ0) is 15.5. The van der Waals surface area contributed by atoms with Gasteiger partial charge < -0.3 is 5.73 Å². The molecule has 0 radical (unpaired) electrons. The van der Waals surface area contributed by atoms with Crippen molar-refractivity contribution < 1.29 is 8.42 Å². The van der Waals surface area contributed by atoms with Crippen LogP contribution in [-0.2, 0) is 10.0 Å². The molecule has 114 valence electrons. The molecule has 0 saturated carbocycles. The van der Waals surface area contributed by atoms with Gasteiger partial charge in [0.25, 0.3) is 0 Å². The van der Waals surface area contributed by atoms with Crippen molar-refractivity contribution in [2.45, 2.75) is 32.6 Å². The molecule has 0 fully saturated rings. The van der Waals surface area contributed by atoms with Gasteiger partial charge in [-0.3, -0.25) is 0 Å². The van der Waals surface area contributed by atoms with Crippen LogP contribution in [0, 0.1) is 11.8 Å². The van der Waals surface area contributed by atoms with E-state index < -0.39 is 10.0 Å². The van der Waals surface area contributed by atoms with Crippen molar-refractivity contribution in [3.8, 4) is 0 Å². The Hall–Kier alpha value is -0.780. The van der Waals surface area contributed by atoms with Crippen molar-refractivity contribution in [1.29, 1.82) is 0 Å². The van der Waals surface area contributed by atoms with E-state index in [2.05, 4.69) is 0 Å². The molecule has 6 heteroatoms. The highest BCUT2D eigenvalue weighted by Crippen LogP contribution is 2.27. The molecule has 4 nitrogen and oxygen atoms in total. The van der Waals surface area contributed by atoms with Crippen LogP contribution in [0.4, 0.5) is 5.69 Å². The van der Waals surface area contributed by atoms with E-state index in [9.17, 15) is 8.42 Å². The monoisotopic (exact) mass is 318 g/mol. The Balaban J connectivity index is 3.24. The summed E-state index contributed by atoms with van der Waals surface area (Å²) in [5.74, 6) is 0.478. The van der Waals surface area contributed by atoms with Gasteiger partial charge in [0, 0.05) is 18.8 Å². The SMILES string of the molecule is CC(C)CN(CC(C)C)S(=O)(=O)c1cc(N)ccc1Cl. The lowest BCUT2D eigenvalue weighted by molar-refractivity contribution is 0.333. The van der Waals surface area contributed by atoms with Gasteiger partial charge >= 0.3 is 0 Å². The number of hydrogen-bond donors (Lipinski definition) is 1. The molecule has 0 aromatic heterocycles. The van der Waals surface area contributed by atoms with Gasteiger partial charge in [-0.05, 0) is 30.0 Å². The third-order valence-electron chi connectivity index (χ3n) is 2.71. The largest absolute Gasteiger partial charge is 0.399 e. The molecular weight excluding hydrogens is 296 g/mol. The summed E-state index contributed by atoms with van der Waals surface area (Å²) in [6.45, 7) is 8.89. The molecule has 0 bridgehead atoms. The van der Waals surface area contributed by atoms with E-state index in [1.807, 2.05) is 27.7 Å². The maximum atomic E-state index is 12.8. The lowest BCUT2D eigenvalue weighted by Crippen LogP contribution is -2.37. The zero-order valence-electron chi connectivity index (χ0n) is 12.4. The molecule has 0 atom stereocenters. The molecule has 1 aromatic rings. The van der Waals surface area contributed by atoms with Crippen LogP contribution >= 0.6 is 11.6 Å². The number of nitrogens with zero attached hydrogens (tertiary/aromatic N) is 1. The lowest BCUT2D eigenvalue weighted by atomic mass is 10.2. The smallest absolute Gasteiger partial charge is 0.244 e. The van der Waals surface area contributed by atoms with Gasteiger partial charge in [-0.15, -0.1) is 0 Å². The highest BCUT2D eigenvalue weighted by Gasteiger charge is 2.28. The second-order valence-electron chi connectivity index (χ2n) is 5.80. The van der Waals surface area contributed by atoms with Crippen LogP contribution in [0.3, 0.4) is 0 Å². The second kappa shape index (κ2) is 6.78. The molecule has 0 aliphatic carbocycles. The van der Waals surface area contributed by atoms with Gasteiger partial charge in [-0.25, -0.2) is 8.42 Å². The van der Waals surface area contributed by atoms with Crippen molar-refractivity contribution in [2.24, 2.45) is 11.8 Å². The van der Waals surface area contributed by atoms with E-state index in [4.69, 9.17) is 17.3 Å². The van der Waals surface area contributed by atoms with Crippen LogP contribution in [-0.4, -0.2) is 25.8 Å². The highest BCUT2D eigenvalue weighted by molar-refractivity contribution is 7.89. The Morgan fingerprint density at radius 3 is 2.10 bits per heavy atom. The first-order valence-corrected chi connectivity index (χ1v) is 8.51. The van der Waals surface area contributed by atoms with Gasteiger partial charge in [-0.2, -0.15) is 4.31 Å². The summed E-state index contributed by atoms with van der Waals surface area (Å²) in [4.78, 5) is 0.0838. The molecule has 0 aliphatic rings. The zero-order valence-corrected chi connectivity index (χ0v) is 14.0. The summed E-state index contributed by atoms with van der Waals surface area (Å²) in [6.07, 6.45) is 0. The molecule has 0 amide bonds. The molecule has 2 N–H and O–H groups in total. The van der Waals surface area contributed by atoms with Crippen LogP contribution in [0.15, 0.2) is 23.1 Å². The summed E-state index contributed by atoms with van der Waals surface area (Å²) in [7, 11) is -3.62. The van der Waals surface area contributed by atoms with Gasteiger partial charge in [0.1, 0.15) is 4.90 Å². The molecule has 0 saturated heterocycles. The average molecular weight is 319 g/mol. The number of benzene rings is 1. The van der Waals surface area contributed by atoms with E-state index in [1.54, 1.807) is 6.07 Å². The minimum atomic E-state index is -3.62. The van der Waals surface area contributed by atoms with Crippen molar-refractivity contribution in [3.05, 3.63) is 23.2 Å². The maximum absolute atomic E-state index is 12.8. The lowest BCUT2D eigenvalue weighted by Gasteiger charge is -2.26. The predicted octanol–water partition coefficient (Wildman–Crippen LogP) is 3.22. The maximum Gasteiger partial charge on any atom is 0.244 e. The van der Waals surface area contributed by atoms with Crippen LogP contribution in [0.5, 0.6) is 0 Å². The van der Waals surface area contributed by atoms with Crippen LogP contribution < -0.4 is 5.73 Å². The summed E-state index contributed by atoms with van der Waals surface area (Å²) in [6, 6.07) is 4.54. The number of anilines is 1. The Morgan fingerprint density at radius 2 is 1.65 bits per heavy atom. The number of rotatable bonds is 6. The van der Waals surface area contributed by atoms with Crippen molar-refractivity contribution in [2.75, 3.05) is 18.8 Å². The van der Waals surface area contributed by atoms with Gasteiger partial charge in [-0.1, -0.05) is 39.3 Å². The summed E-state index contributed by atoms with van der Waals surface area (Å²) >= 11 is 6.04. The molecule has 1 rings (SSSR count). The normalized spacial score (nSPS) is 12.6. The molecule has 0 spiro atoms. The molecule has 20 heavy (non-hydrogen) atoms. The average Bonchev–Trinajstić information content (AvgIpc) is 2.30. The first-order valence-electron chi connectivity index (χ1n) is 6.69. The summed E-state index contributed by atoms with van der Waals surface area (Å²) in [5.41, 5.74) is 6.08. The van der Waals surface area contributed by atoms with Crippen molar-refractivity contribution in [1.82, 2.24) is 4.31 Å². The van der Waals surface area contributed by atoms with Crippen LogP contribution in [0.1, 0.15) is 27.7 Å². The highest BCUT2D eigenvalue weighted by atomic mass is 35.5.